The van der Waals surface area contributed by atoms with Crippen molar-refractivity contribution in [3.63, 3.8) is 0 Å². The monoisotopic (exact) mass is 769 g/mol. The van der Waals surface area contributed by atoms with Crippen LogP contribution in [0.25, 0.3) is 0 Å². The van der Waals surface area contributed by atoms with Gasteiger partial charge in [0.25, 0.3) is 0 Å². The minimum atomic E-state index is -4.74. The number of carboxylic acid groups (broad SMARTS) is 1. The Hall–Kier alpha value is -2.86. The summed E-state index contributed by atoms with van der Waals surface area (Å²) in [6.45, 7) is 2.51. The number of carbonyl (C=O) groups excluding carboxylic acids is 2. The van der Waals surface area contributed by atoms with E-state index in [4.69, 9.17) is 24.8 Å². The first kappa shape index (κ1) is 50.1. The molecular formula is C40H68NO11P. The number of esters is 2. The average molecular weight is 770 g/mol. The summed E-state index contributed by atoms with van der Waals surface area (Å²) in [7, 11) is -4.74. The number of aliphatic hydroxyl groups is 1. The van der Waals surface area contributed by atoms with E-state index in [1.807, 2.05) is 42.5 Å². The second kappa shape index (κ2) is 34.9. The molecule has 0 spiro atoms. The molecule has 0 aromatic rings. The van der Waals surface area contributed by atoms with Gasteiger partial charge in [0, 0.05) is 12.8 Å². The SMILES string of the molecule is CC/C=C\C/C=C\CC(O)/C=C/C=C\C/C=C\CCCC(=O)OC[C@H](COP(=O)(O)OC[C@H](N)C(=O)O)OC(=O)CCCCCCCCCCCCC. The Morgan fingerprint density at radius 2 is 1.28 bits per heavy atom. The van der Waals surface area contributed by atoms with Crippen molar-refractivity contribution in [3.8, 4) is 0 Å². The molecule has 0 rings (SSSR count). The van der Waals surface area contributed by atoms with Crippen molar-refractivity contribution >= 4 is 25.7 Å². The fourth-order valence-electron chi connectivity index (χ4n) is 4.77. The number of carbonyl (C=O) groups is 3. The molecule has 0 radical (unpaired) electrons. The fraction of sp³-hybridized carbons (Fsp3) is 0.675. The van der Waals surface area contributed by atoms with Crippen LogP contribution in [-0.4, -0.2) is 71.1 Å². The summed E-state index contributed by atoms with van der Waals surface area (Å²) in [4.78, 5) is 45.7. The number of aliphatic hydroxyl groups excluding tert-OH is 1. The standard InChI is InChI=1S/C40H68NO11P/c1-3-5-7-9-11-12-13-14-19-23-27-31-39(44)52-36(33-50-53(47,48)51-34-37(41)40(45)46)32-49-38(43)30-26-22-18-16-15-17-21-25-29-35(42)28-24-20-10-8-6-4-2/h6,8,16-18,20-21,24-25,29,35-37,42H,3-5,7,9-15,19,22-23,26-28,30-34,41H2,1-2H3,(H,45,46)(H,47,48)/b8-6-,18-16-,21-17-,24-20-,29-25+/t35?,36-,37+/m1/s1. The molecule has 0 heterocycles. The zero-order chi connectivity index (χ0) is 39.4. The number of unbranched alkanes of at least 4 members (excludes halogenated alkanes) is 11. The van der Waals surface area contributed by atoms with E-state index in [-0.39, 0.29) is 12.8 Å². The summed E-state index contributed by atoms with van der Waals surface area (Å²) < 4.78 is 32.5. The molecule has 0 fully saturated rings. The van der Waals surface area contributed by atoms with Crippen molar-refractivity contribution in [2.75, 3.05) is 19.8 Å². The summed E-state index contributed by atoms with van der Waals surface area (Å²) >= 11 is 0. The first-order valence-electron chi connectivity index (χ1n) is 19.4. The van der Waals surface area contributed by atoms with Crippen LogP contribution in [-0.2, 0) is 37.5 Å². The third-order valence-electron chi connectivity index (χ3n) is 7.86. The van der Waals surface area contributed by atoms with E-state index < -0.39 is 63.8 Å². The summed E-state index contributed by atoms with van der Waals surface area (Å²) in [5.41, 5.74) is 5.31. The minimum absolute atomic E-state index is 0.110. The molecule has 4 atom stereocenters. The summed E-state index contributed by atoms with van der Waals surface area (Å²) in [5, 5.41) is 18.8. The quantitative estimate of drug-likeness (QED) is 0.0158. The van der Waals surface area contributed by atoms with Gasteiger partial charge in [-0.2, -0.15) is 0 Å². The number of phosphoric ester groups is 1. The maximum atomic E-state index is 12.5. The van der Waals surface area contributed by atoms with Crippen LogP contribution >= 0.6 is 7.82 Å². The Bertz CT molecular complexity index is 1150. The molecule has 0 aliphatic carbocycles. The molecule has 53 heavy (non-hydrogen) atoms. The lowest BCUT2D eigenvalue weighted by molar-refractivity contribution is -0.161. The van der Waals surface area contributed by atoms with Crippen LogP contribution in [0.15, 0.2) is 60.8 Å². The van der Waals surface area contributed by atoms with Gasteiger partial charge in [-0.3, -0.25) is 23.4 Å². The molecule has 0 aliphatic rings. The van der Waals surface area contributed by atoms with Gasteiger partial charge in [-0.1, -0.05) is 139 Å². The van der Waals surface area contributed by atoms with Gasteiger partial charge in [-0.15, -0.1) is 0 Å². The zero-order valence-corrected chi connectivity index (χ0v) is 33.1. The van der Waals surface area contributed by atoms with Gasteiger partial charge in [-0.25, -0.2) is 4.57 Å². The number of carboxylic acids is 1. The molecule has 0 amide bonds. The molecule has 304 valence electrons. The van der Waals surface area contributed by atoms with Crippen molar-refractivity contribution in [1.82, 2.24) is 0 Å². The highest BCUT2D eigenvalue weighted by Crippen LogP contribution is 2.43. The highest BCUT2D eigenvalue weighted by atomic mass is 31.2. The van der Waals surface area contributed by atoms with E-state index in [0.717, 1.165) is 32.1 Å². The van der Waals surface area contributed by atoms with Crippen LogP contribution < -0.4 is 5.73 Å². The normalized spacial score (nSPS) is 15.1. The molecule has 12 nitrogen and oxygen atoms in total. The minimum Gasteiger partial charge on any atom is -0.480 e. The van der Waals surface area contributed by atoms with Gasteiger partial charge in [0.2, 0.25) is 0 Å². The fourth-order valence-corrected chi connectivity index (χ4v) is 5.55. The van der Waals surface area contributed by atoms with Crippen LogP contribution in [0, 0.1) is 0 Å². The van der Waals surface area contributed by atoms with Gasteiger partial charge < -0.3 is 30.3 Å². The Balaban J connectivity index is 4.59. The molecule has 0 bridgehead atoms. The smallest absolute Gasteiger partial charge is 0.472 e. The van der Waals surface area contributed by atoms with Gasteiger partial charge >= 0.3 is 25.7 Å². The highest BCUT2D eigenvalue weighted by Gasteiger charge is 2.28. The number of aliphatic carboxylic acids is 1. The second-order valence-corrected chi connectivity index (χ2v) is 14.3. The maximum absolute atomic E-state index is 12.5. The largest absolute Gasteiger partial charge is 0.480 e. The summed E-state index contributed by atoms with van der Waals surface area (Å²) in [5.74, 6) is -2.51. The van der Waals surface area contributed by atoms with Crippen molar-refractivity contribution in [2.24, 2.45) is 5.73 Å². The topological polar surface area (TPSA) is 192 Å². The highest BCUT2D eigenvalue weighted by molar-refractivity contribution is 7.47. The number of allylic oxidation sites excluding steroid dienone is 8. The lowest BCUT2D eigenvalue weighted by atomic mass is 10.1. The third-order valence-corrected chi connectivity index (χ3v) is 8.81. The summed E-state index contributed by atoms with van der Waals surface area (Å²) in [6.07, 6.45) is 34.8. The van der Waals surface area contributed by atoms with Gasteiger partial charge in [0.05, 0.1) is 19.3 Å². The molecule has 2 unspecified atom stereocenters. The predicted molar refractivity (Wildman–Crippen MR) is 209 cm³/mol. The van der Waals surface area contributed by atoms with E-state index in [9.17, 15) is 28.9 Å². The molecular weight excluding hydrogens is 701 g/mol. The molecule has 0 saturated heterocycles. The van der Waals surface area contributed by atoms with Crippen LogP contribution in [0.5, 0.6) is 0 Å². The van der Waals surface area contributed by atoms with E-state index in [0.29, 0.717) is 32.1 Å². The van der Waals surface area contributed by atoms with Gasteiger partial charge in [-0.05, 0) is 44.9 Å². The van der Waals surface area contributed by atoms with Crippen LogP contribution in [0.2, 0.25) is 0 Å². The van der Waals surface area contributed by atoms with Gasteiger partial charge in [0.15, 0.2) is 6.10 Å². The Labute approximate surface area is 318 Å². The van der Waals surface area contributed by atoms with Crippen molar-refractivity contribution in [1.29, 1.82) is 0 Å². The first-order valence-corrected chi connectivity index (χ1v) is 20.9. The third kappa shape index (κ3) is 34.6. The average Bonchev–Trinajstić information content (AvgIpc) is 3.12. The number of nitrogens with two attached hydrogens (primary N) is 1. The zero-order valence-electron chi connectivity index (χ0n) is 32.2. The molecule has 0 aromatic carbocycles. The van der Waals surface area contributed by atoms with Crippen molar-refractivity contribution in [3.05, 3.63) is 60.8 Å². The second-order valence-electron chi connectivity index (χ2n) is 12.9. The lowest BCUT2D eigenvalue weighted by Gasteiger charge is -2.20. The predicted octanol–water partition coefficient (Wildman–Crippen LogP) is 8.58. The van der Waals surface area contributed by atoms with Crippen molar-refractivity contribution in [2.45, 2.75) is 154 Å². The number of hydrogen-bond acceptors (Lipinski definition) is 10. The van der Waals surface area contributed by atoms with E-state index in [2.05, 4.69) is 30.5 Å². The number of hydrogen-bond donors (Lipinski definition) is 4. The molecule has 13 heteroatoms. The first-order chi connectivity index (χ1) is 25.5. The molecule has 0 saturated carbocycles. The number of phosphoric acid groups is 1. The van der Waals surface area contributed by atoms with E-state index in [1.165, 1.54) is 44.9 Å². The molecule has 0 aromatic heterocycles. The number of rotatable bonds is 35. The van der Waals surface area contributed by atoms with Gasteiger partial charge in [0.1, 0.15) is 12.6 Å². The van der Waals surface area contributed by atoms with Crippen LogP contribution in [0.3, 0.4) is 0 Å². The van der Waals surface area contributed by atoms with Crippen LogP contribution in [0.1, 0.15) is 136 Å². The van der Waals surface area contributed by atoms with E-state index in [1.54, 1.807) is 6.08 Å². The Kier molecular flexibility index (Phi) is 33.0. The number of ether oxygens (including phenoxy) is 2. The Morgan fingerprint density at radius 3 is 1.94 bits per heavy atom. The van der Waals surface area contributed by atoms with Crippen LogP contribution in [0.4, 0.5) is 0 Å². The lowest BCUT2D eigenvalue weighted by Crippen LogP contribution is -2.34. The molecule has 0 aliphatic heterocycles. The van der Waals surface area contributed by atoms with E-state index >= 15 is 0 Å². The molecule has 5 N–H and O–H groups in total. The maximum Gasteiger partial charge on any atom is 0.472 e. The Morgan fingerprint density at radius 1 is 0.698 bits per heavy atom. The summed E-state index contributed by atoms with van der Waals surface area (Å²) in [6, 6.07) is -1.54. The van der Waals surface area contributed by atoms with Crippen molar-refractivity contribution < 1.29 is 52.6 Å².